The van der Waals surface area contributed by atoms with E-state index in [9.17, 15) is 9.18 Å². The van der Waals surface area contributed by atoms with Crippen LogP contribution in [0.4, 0.5) is 10.1 Å². The van der Waals surface area contributed by atoms with E-state index >= 15 is 0 Å². The number of carbonyl (C=O) groups is 1. The van der Waals surface area contributed by atoms with E-state index in [2.05, 4.69) is 38.9 Å². The van der Waals surface area contributed by atoms with Crippen LogP contribution in [0.5, 0.6) is 0 Å². The maximum Gasteiger partial charge on any atom is 0.286 e. The van der Waals surface area contributed by atoms with E-state index in [-0.39, 0.29) is 16.7 Å². The van der Waals surface area contributed by atoms with Crippen LogP contribution in [-0.2, 0) is 12.3 Å². The molecule has 6 nitrogen and oxygen atoms in total. The number of thioether (sulfide) groups is 1. The van der Waals surface area contributed by atoms with E-state index in [1.54, 1.807) is 11.8 Å². The van der Waals surface area contributed by atoms with Gasteiger partial charge in [0.25, 0.3) is 5.91 Å². The van der Waals surface area contributed by atoms with Gasteiger partial charge in [0.15, 0.2) is 5.16 Å². The van der Waals surface area contributed by atoms with Crippen molar-refractivity contribution in [2.45, 2.75) is 51.1 Å². The molecule has 0 aliphatic rings. The summed E-state index contributed by atoms with van der Waals surface area (Å²) in [6.45, 7) is 7.23. The molecule has 0 atom stereocenters. The van der Waals surface area contributed by atoms with Crippen molar-refractivity contribution in [3.05, 3.63) is 51.5 Å². The summed E-state index contributed by atoms with van der Waals surface area (Å²) in [6, 6.07) is 5.60. The van der Waals surface area contributed by atoms with E-state index in [4.69, 9.17) is 0 Å². The third kappa shape index (κ3) is 4.96. The van der Waals surface area contributed by atoms with Gasteiger partial charge in [0.05, 0.1) is 11.4 Å². The zero-order valence-electron chi connectivity index (χ0n) is 16.0. The Bertz CT molecular complexity index is 952. The van der Waals surface area contributed by atoms with Crippen molar-refractivity contribution < 1.29 is 9.18 Å². The highest BCUT2D eigenvalue weighted by Crippen LogP contribution is 2.26. The molecule has 0 unspecified atom stereocenters. The summed E-state index contributed by atoms with van der Waals surface area (Å²) >= 11 is 2.85. The number of benzene rings is 1. The number of imidazole rings is 1. The average Bonchev–Trinajstić information content (AvgIpc) is 3.26. The normalized spacial score (nSPS) is 11.0. The van der Waals surface area contributed by atoms with Gasteiger partial charge < -0.3 is 9.88 Å². The Hall–Kier alpha value is -2.26. The summed E-state index contributed by atoms with van der Waals surface area (Å²) in [5.74, 6) is -0.101. The number of anilines is 1. The van der Waals surface area contributed by atoms with Gasteiger partial charge >= 0.3 is 0 Å². The first-order valence-electron chi connectivity index (χ1n) is 9.03. The molecule has 1 amide bonds. The number of halogens is 1. The molecule has 2 heterocycles. The second-order valence-corrected chi connectivity index (χ2v) is 8.33. The van der Waals surface area contributed by atoms with Gasteiger partial charge in [-0.2, -0.15) is 0 Å². The highest BCUT2D eigenvalue weighted by atomic mass is 32.2. The van der Waals surface area contributed by atoms with Crippen molar-refractivity contribution in [1.82, 2.24) is 19.7 Å². The van der Waals surface area contributed by atoms with Gasteiger partial charge in [0.2, 0.25) is 5.01 Å². The molecule has 0 aliphatic heterocycles. The average molecular weight is 420 g/mol. The monoisotopic (exact) mass is 419 g/mol. The third-order valence-corrected chi connectivity index (χ3v) is 6.34. The van der Waals surface area contributed by atoms with Crippen LogP contribution in [-0.4, -0.2) is 25.7 Å². The van der Waals surface area contributed by atoms with Crippen molar-refractivity contribution in [3.63, 3.8) is 0 Å². The lowest BCUT2D eigenvalue weighted by Gasteiger charge is -2.08. The van der Waals surface area contributed by atoms with E-state index < -0.39 is 0 Å². The summed E-state index contributed by atoms with van der Waals surface area (Å²) < 4.78 is 15.2. The Morgan fingerprint density at radius 1 is 1.25 bits per heavy atom. The molecule has 3 rings (SSSR count). The maximum absolute atomic E-state index is 13.0. The maximum atomic E-state index is 13.0. The van der Waals surface area contributed by atoms with Crippen LogP contribution >= 0.6 is 23.1 Å². The number of rotatable bonds is 8. The van der Waals surface area contributed by atoms with Crippen LogP contribution in [0.15, 0.2) is 29.4 Å². The van der Waals surface area contributed by atoms with Crippen LogP contribution < -0.4 is 5.32 Å². The van der Waals surface area contributed by atoms with Crippen molar-refractivity contribution in [2.75, 3.05) is 5.32 Å². The van der Waals surface area contributed by atoms with Crippen molar-refractivity contribution in [3.8, 4) is 0 Å². The molecule has 0 aliphatic carbocycles. The number of nitrogens with zero attached hydrogens (tertiary/aromatic N) is 4. The standard InChI is InChI=1S/C19H22FN5OS2/c1-4-5-10-25-13(3)12(2)21-19(25)27-11-16-23-24-18(28-16)17(26)22-15-8-6-14(20)7-9-15/h6-9H,4-5,10-11H2,1-3H3,(H,22,26). The zero-order chi connectivity index (χ0) is 20.1. The molecule has 3 aromatic rings. The van der Waals surface area contributed by atoms with Crippen LogP contribution in [0.1, 0.15) is 46.0 Å². The minimum atomic E-state index is -0.351. The first-order chi connectivity index (χ1) is 13.5. The van der Waals surface area contributed by atoms with Gasteiger partial charge in [-0.15, -0.1) is 10.2 Å². The summed E-state index contributed by atoms with van der Waals surface area (Å²) in [6.07, 6.45) is 2.24. The van der Waals surface area contributed by atoms with Gasteiger partial charge in [0, 0.05) is 17.9 Å². The minimum Gasteiger partial charge on any atom is -0.323 e. The smallest absolute Gasteiger partial charge is 0.286 e. The number of hydrogen-bond acceptors (Lipinski definition) is 6. The van der Waals surface area contributed by atoms with Crippen molar-refractivity contribution >= 4 is 34.7 Å². The predicted molar refractivity (Wildman–Crippen MR) is 110 cm³/mol. The summed E-state index contributed by atoms with van der Waals surface area (Å²) in [4.78, 5) is 16.9. The molecule has 0 saturated carbocycles. The lowest BCUT2D eigenvalue weighted by atomic mass is 10.3. The van der Waals surface area contributed by atoms with Gasteiger partial charge in [-0.05, 0) is 44.5 Å². The van der Waals surface area contributed by atoms with Crippen LogP contribution in [0.2, 0.25) is 0 Å². The van der Waals surface area contributed by atoms with Crippen molar-refractivity contribution in [2.24, 2.45) is 0 Å². The number of unbranched alkanes of at least 4 members (excludes halogenated alkanes) is 1. The Morgan fingerprint density at radius 3 is 2.71 bits per heavy atom. The molecule has 28 heavy (non-hydrogen) atoms. The number of nitrogens with one attached hydrogen (secondary N) is 1. The number of amides is 1. The second-order valence-electron chi connectivity index (χ2n) is 6.32. The molecular weight excluding hydrogens is 397 g/mol. The predicted octanol–water partition coefficient (Wildman–Crippen LogP) is 4.84. The Balaban J connectivity index is 1.62. The summed E-state index contributed by atoms with van der Waals surface area (Å²) in [5.41, 5.74) is 2.74. The highest BCUT2D eigenvalue weighted by Gasteiger charge is 2.16. The van der Waals surface area contributed by atoms with Crippen LogP contribution in [0, 0.1) is 19.7 Å². The van der Waals surface area contributed by atoms with Gasteiger partial charge in [-0.3, -0.25) is 4.79 Å². The SMILES string of the molecule is CCCCn1c(SCc2nnc(C(=O)Nc3ccc(F)cc3)s2)nc(C)c1C. The van der Waals surface area contributed by atoms with E-state index in [1.165, 1.54) is 41.3 Å². The molecule has 148 valence electrons. The summed E-state index contributed by atoms with van der Waals surface area (Å²) in [5, 5.41) is 12.8. The van der Waals surface area contributed by atoms with Crippen LogP contribution in [0.3, 0.4) is 0 Å². The fourth-order valence-corrected chi connectivity index (χ4v) is 4.40. The fourth-order valence-electron chi connectivity index (χ4n) is 2.56. The molecule has 1 N–H and O–H groups in total. The highest BCUT2D eigenvalue weighted by molar-refractivity contribution is 7.98. The van der Waals surface area contributed by atoms with Gasteiger partial charge in [-0.25, -0.2) is 9.37 Å². The molecule has 0 saturated heterocycles. The zero-order valence-corrected chi connectivity index (χ0v) is 17.7. The number of hydrogen-bond donors (Lipinski definition) is 1. The number of aryl methyl sites for hydroxylation is 1. The second kappa shape index (κ2) is 9.29. The minimum absolute atomic E-state index is 0.279. The van der Waals surface area contributed by atoms with Crippen molar-refractivity contribution in [1.29, 1.82) is 0 Å². The first kappa shape index (κ1) is 20.5. The lowest BCUT2D eigenvalue weighted by Crippen LogP contribution is -2.11. The quantitative estimate of drug-likeness (QED) is 0.529. The topological polar surface area (TPSA) is 72.7 Å². The molecular formula is C19H22FN5OS2. The van der Waals surface area contributed by atoms with E-state index in [0.29, 0.717) is 11.4 Å². The number of carbonyl (C=O) groups excluding carboxylic acids is 1. The number of aromatic nitrogens is 4. The molecule has 1 aromatic carbocycles. The summed E-state index contributed by atoms with van der Waals surface area (Å²) in [7, 11) is 0. The first-order valence-corrected chi connectivity index (χ1v) is 10.8. The molecule has 0 radical (unpaired) electrons. The molecule has 2 aromatic heterocycles. The Morgan fingerprint density at radius 2 is 2.00 bits per heavy atom. The molecule has 0 bridgehead atoms. The Labute approximate surface area is 171 Å². The van der Waals surface area contributed by atoms with Crippen LogP contribution in [0.25, 0.3) is 0 Å². The van der Waals surface area contributed by atoms with E-state index in [0.717, 1.165) is 35.2 Å². The third-order valence-electron chi connectivity index (χ3n) is 4.25. The van der Waals surface area contributed by atoms with E-state index in [1.807, 2.05) is 6.92 Å². The largest absolute Gasteiger partial charge is 0.323 e. The molecule has 0 spiro atoms. The lowest BCUT2D eigenvalue weighted by molar-refractivity contribution is 0.102. The van der Waals surface area contributed by atoms with Gasteiger partial charge in [-0.1, -0.05) is 36.4 Å². The van der Waals surface area contributed by atoms with Gasteiger partial charge in [0.1, 0.15) is 10.8 Å². The fraction of sp³-hybridized carbons (Fsp3) is 0.368. The Kier molecular flexibility index (Phi) is 6.79. The molecule has 0 fully saturated rings. The molecule has 9 heteroatoms.